The average molecular weight is 295 g/mol. The van der Waals surface area contributed by atoms with Crippen molar-refractivity contribution in [3.8, 4) is 0 Å². The molecule has 3 rings (SSSR count). The van der Waals surface area contributed by atoms with Gasteiger partial charge in [-0.15, -0.1) is 4.40 Å². The van der Waals surface area contributed by atoms with Crippen LogP contribution in [0.5, 0.6) is 0 Å². The summed E-state index contributed by atoms with van der Waals surface area (Å²) in [5, 5.41) is 0. The van der Waals surface area contributed by atoms with Gasteiger partial charge in [-0.1, -0.05) is 12.1 Å². The minimum Gasteiger partial charge on any atom is -0.373 e. The Morgan fingerprint density at radius 1 is 1.45 bits per heavy atom. The molecule has 0 bridgehead atoms. The Kier molecular flexibility index (Phi) is 3.27. The highest BCUT2D eigenvalue weighted by atomic mass is 32.2. The number of benzene rings is 1. The van der Waals surface area contributed by atoms with Gasteiger partial charge in [0.2, 0.25) is 0 Å². The zero-order valence-electron chi connectivity index (χ0n) is 11.2. The quantitative estimate of drug-likeness (QED) is 0.799. The van der Waals surface area contributed by atoms with Crippen molar-refractivity contribution in [3.05, 3.63) is 29.8 Å². The van der Waals surface area contributed by atoms with E-state index in [0.29, 0.717) is 31.1 Å². The highest BCUT2D eigenvalue weighted by molar-refractivity contribution is 7.90. The third-order valence-corrected chi connectivity index (χ3v) is 4.92. The molecular formula is C13H17N3O3S. The molecule has 1 aromatic carbocycles. The van der Waals surface area contributed by atoms with E-state index >= 15 is 0 Å². The van der Waals surface area contributed by atoms with Crippen LogP contribution in [0.4, 0.5) is 0 Å². The third-order valence-electron chi connectivity index (χ3n) is 3.59. The predicted molar refractivity (Wildman–Crippen MR) is 75.1 cm³/mol. The van der Waals surface area contributed by atoms with Gasteiger partial charge in [-0.2, -0.15) is 8.42 Å². The Morgan fingerprint density at radius 3 is 2.95 bits per heavy atom. The molecule has 7 heteroatoms. The van der Waals surface area contributed by atoms with E-state index in [1.807, 2.05) is 17.9 Å². The lowest BCUT2D eigenvalue weighted by molar-refractivity contribution is -0.0158. The van der Waals surface area contributed by atoms with Crippen LogP contribution in [0.2, 0.25) is 0 Å². The molecule has 0 aromatic heterocycles. The van der Waals surface area contributed by atoms with Crippen molar-refractivity contribution in [2.45, 2.75) is 24.0 Å². The van der Waals surface area contributed by atoms with E-state index in [1.165, 1.54) is 0 Å². The van der Waals surface area contributed by atoms with E-state index in [1.54, 1.807) is 18.2 Å². The number of morpholine rings is 1. The normalized spacial score (nSPS) is 26.0. The smallest absolute Gasteiger partial charge is 0.285 e. The standard InChI is InChI=1S/C13H17N3O3S/c1-9(14)11-8-16(6-7-19-11)13-10-4-2-3-5-12(10)20(17,18)15-13/h2-5,9,11H,6-8,14H2,1H3. The van der Waals surface area contributed by atoms with E-state index in [0.717, 1.165) is 0 Å². The van der Waals surface area contributed by atoms with Crippen molar-refractivity contribution in [1.29, 1.82) is 0 Å². The average Bonchev–Trinajstić information content (AvgIpc) is 2.72. The van der Waals surface area contributed by atoms with Gasteiger partial charge < -0.3 is 15.4 Å². The summed E-state index contributed by atoms with van der Waals surface area (Å²) in [6, 6.07) is 6.80. The summed E-state index contributed by atoms with van der Waals surface area (Å²) in [4.78, 5) is 2.22. The van der Waals surface area contributed by atoms with Gasteiger partial charge in [-0.05, 0) is 19.1 Å². The van der Waals surface area contributed by atoms with Crippen LogP contribution in [0, 0.1) is 0 Å². The van der Waals surface area contributed by atoms with Crippen LogP contribution in [-0.2, 0) is 14.8 Å². The third kappa shape index (κ3) is 2.21. The summed E-state index contributed by atoms with van der Waals surface area (Å²) in [5.41, 5.74) is 6.53. The van der Waals surface area contributed by atoms with Crippen molar-refractivity contribution in [1.82, 2.24) is 4.90 Å². The minimum atomic E-state index is -3.57. The molecule has 2 heterocycles. The van der Waals surface area contributed by atoms with Gasteiger partial charge in [-0.25, -0.2) is 0 Å². The molecular weight excluding hydrogens is 278 g/mol. The summed E-state index contributed by atoms with van der Waals surface area (Å²) in [7, 11) is -3.57. The largest absolute Gasteiger partial charge is 0.373 e. The molecule has 6 nitrogen and oxygen atoms in total. The Labute approximate surface area is 118 Å². The first-order valence-corrected chi connectivity index (χ1v) is 7.99. The van der Waals surface area contributed by atoms with Gasteiger partial charge in [0.1, 0.15) is 4.90 Å². The minimum absolute atomic E-state index is 0.105. The van der Waals surface area contributed by atoms with Crippen molar-refractivity contribution >= 4 is 15.9 Å². The van der Waals surface area contributed by atoms with Gasteiger partial charge >= 0.3 is 0 Å². The predicted octanol–water partition coefficient (Wildman–Crippen LogP) is 0.184. The summed E-state index contributed by atoms with van der Waals surface area (Å²) in [5.74, 6) is 0.509. The number of ether oxygens (including phenoxy) is 1. The van der Waals surface area contributed by atoms with Crippen LogP contribution in [0.15, 0.2) is 33.6 Å². The van der Waals surface area contributed by atoms with Crippen LogP contribution in [0.3, 0.4) is 0 Å². The topological polar surface area (TPSA) is 85.0 Å². The summed E-state index contributed by atoms with van der Waals surface area (Å²) in [6.45, 7) is 3.58. The fourth-order valence-electron chi connectivity index (χ4n) is 2.50. The molecule has 2 aliphatic rings. The number of rotatable bonds is 1. The maximum atomic E-state index is 12.1. The number of fused-ring (bicyclic) bond motifs is 1. The second kappa shape index (κ2) is 4.83. The number of amidine groups is 1. The van der Waals surface area contributed by atoms with Crippen LogP contribution in [-0.4, -0.2) is 51.0 Å². The maximum absolute atomic E-state index is 12.1. The molecule has 2 aliphatic heterocycles. The van der Waals surface area contributed by atoms with Crippen molar-refractivity contribution in [2.24, 2.45) is 10.1 Å². The van der Waals surface area contributed by atoms with Gasteiger partial charge in [0.05, 0.1) is 12.7 Å². The number of nitrogens with two attached hydrogens (primary N) is 1. The van der Waals surface area contributed by atoms with E-state index in [-0.39, 0.29) is 17.0 Å². The van der Waals surface area contributed by atoms with E-state index in [4.69, 9.17) is 10.5 Å². The Balaban J connectivity index is 1.95. The number of hydrogen-bond donors (Lipinski definition) is 1. The van der Waals surface area contributed by atoms with Crippen molar-refractivity contribution < 1.29 is 13.2 Å². The molecule has 1 saturated heterocycles. The van der Waals surface area contributed by atoms with Crippen LogP contribution in [0.25, 0.3) is 0 Å². The lowest BCUT2D eigenvalue weighted by Gasteiger charge is -2.35. The molecule has 2 unspecified atom stereocenters. The van der Waals surface area contributed by atoms with Crippen molar-refractivity contribution in [3.63, 3.8) is 0 Å². The van der Waals surface area contributed by atoms with Gasteiger partial charge in [0.25, 0.3) is 10.0 Å². The Bertz CT molecular complexity index is 655. The number of sulfonamides is 1. The fourth-order valence-corrected chi connectivity index (χ4v) is 3.73. The molecule has 2 N–H and O–H groups in total. The first-order valence-electron chi connectivity index (χ1n) is 6.55. The van der Waals surface area contributed by atoms with Crippen LogP contribution in [0.1, 0.15) is 12.5 Å². The molecule has 0 amide bonds. The van der Waals surface area contributed by atoms with Gasteiger partial charge in [-0.3, -0.25) is 0 Å². The molecule has 0 aliphatic carbocycles. The fraction of sp³-hybridized carbons (Fsp3) is 0.462. The maximum Gasteiger partial charge on any atom is 0.285 e. The summed E-state index contributed by atoms with van der Waals surface area (Å²) >= 11 is 0. The van der Waals surface area contributed by atoms with Crippen LogP contribution < -0.4 is 5.73 Å². The second-order valence-electron chi connectivity index (χ2n) is 5.10. The number of hydrogen-bond acceptors (Lipinski definition) is 5. The molecule has 1 aromatic rings. The zero-order chi connectivity index (χ0) is 14.3. The molecule has 108 valence electrons. The van der Waals surface area contributed by atoms with Gasteiger partial charge in [0.15, 0.2) is 5.84 Å². The van der Waals surface area contributed by atoms with Crippen LogP contribution >= 0.6 is 0 Å². The molecule has 0 saturated carbocycles. The first kappa shape index (κ1) is 13.5. The Hall–Kier alpha value is -1.44. The second-order valence-corrected chi connectivity index (χ2v) is 6.67. The van der Waals surface area contributed by atoms with E-state index in [2.05, 4.69) is 4.40 Å². The summed E-state index contributed by atoms with van der Waals surface area (Å²) in [6.07, 6.45) is -0.109. The Morgan fingerprint density at radius 2 is 2.20 bits per heavy atom. The first-order chi connectivity index (χ1) is 9.49. The zero-order valence-corrected chi connectivity index (χ0v) is 12.0. The molecule has 1 fully saturated rings. The monoisotopic (exact) mass is 295 g/mol. The van der Waals surface area contributed by atoms with Gasteiger partial charge in [0, 0.05) is 24.7 Å². The van der Waals surface area contributed by atoms with Crippen molar-refractivity contribution in [2.75, 3.05) is 19.7 Å². The van der Waals surface area contributed by atoms with E-state index in [9.17, 15) is 8.42 Å². The highest BCUT2D eigenvalue weighted by Crippen LogP contribution is 2.28. The molecule has 20 heavy (non-hydrogen) atoms. The molecule has 0 spiro atoms. The number of nitrogens with zero attached hydrogens (tertiary/aromatic N) is 2. The molecule has 2 atom stereocenters. The lowest BCUT2D eigenvalue weighted by Crippen LogP contribution is -2.51. The van der Waals surface area contributed by atoms with E-state index < -0.39 is 10.0 Å². The summed E-state index contributed by atoms with van der Waals surface area (Å²) < 4.78 is 33.6. The molecule has 0 radical (unpaired) electrons. The highest BCUT2D eigenvalue weighted by Gasteiger charge is 2.34. The lowest BCUT2D eigenvalue weighted by atomic mass is 10.1. The SMILES string of the molecule is CC(N)C1CN(C2=NS(=O)(=O)c3ccccc32)CCO1.